The molecule has 0 aromatic heterocycles. The lowest BCUT2D eigenvalue weighted by Gasteiger charge is -2.35. The Morgan fingerprint density at radius 1 is 0.750 bits per heavy atom. The van der Waals surface area contributed by atoms with Gasteiger partial charge in [0.25, 0.3) is 0 Å². The van der Waals surface area contributed by atoms with Crippen LogP contribution in [0.2, 0.25) is 0 Å². The molecule has 2 unspecified atom stereocenters. The zero-order chi connectivity index (χ0) is 20.8. The van der Waals surface area contributed by atoms with Crippen molar-refractivity contribution in [1.82, 2.24) is 0 Å². The molecular weight excluding hydrogens is 368 g/mol. The van der Waals surface area contributed by atoms with Crippen molar-refractivity contribution in [2.24, 2.45) is 11.8 Å². The summed E-state index contributed by atoms with van der Waals surface area (Å²) in [5.74, 6) is -2.87. The number of rotatable bonds is 6. The maximum atomic E-state index is 12.0. The Hall–Kier alpha value is -3.16. The highest BCUT2D eigenvalue weighted by Crippen LogP contribution is 2.45. The van der Waals surface area contributed by atoms with Crippen LogP contribution in [0, 0.1) is 11.8 Å². The predicted octanol–water partition coefficient (Wildman–Crippen LogP) is 2.12. The SMILES string of the molecule is COC(=O)CC1=C(OC(C)=O)C2C=CC=CC2C(OC(C)=O)=C1CC(=O)OC. The summed E-state index contributed by atoms with van der Waals surface area (Å²) in [5.41, 5.74) is 0.537. The minimum atomic E-state index is -0.599. The summed E-state index contributed by atoms with van der Waals surface area (Å²) in [5, 5.41) is 0. The van der Waals surface area contributed by atoms with E-state index in [1.54, 1.807) is 24.3 Å². The molecule has 0 saturated heterocycles. The van der Waals surface area contributed by atoms with Crippen molar-refractivity contribution in [1.29, 1.82) is 0 Å². The fraction of sp³-hybridized carbons (Fsp3) is 0.400. The summed E-state index contributed by atoms with van der Waals surface area (Å²) in [6, 6.07) is 0. The molecule has 0 aromatic rings. The lowest BCUT2D eigenvalue weighted by atomic mass is 9.75. The summed E-state index contributed by atoms with van der Waals surface area (Å²) in [4.78, 5) is 47.5. The Morgan fingerprint density at radius 3 is 1.39 bits per heavy atom. The second-order valence-electron chi connectivity index (χ2n) is 6.20. The molecule has 0 saturated carbocycles. The minimum Gasteiger partial charge on any atom is -0.469 e. The number of allylic oxidation sites excluding steroid dienone is 4. The van der Waals surface area contributed by atoms with Crippen molar-refractivity contribution < 1.29 is 38.1 Å². The van der Waals surface area contributed by atoms with Crippen LogP contribution < -0.4 is 0 Å². The number of ether oxygens (including phenoxy) is 4. The monoisotopic (exact) mass is 390 g/mol. The zero-order valence-corrected chi connectivity index (χ0v) is 16.1. The van der Waals surface area contributed by atoms with E-state index in [-0.39, 0.29) is 35.5 Å². The second kappa shape index (κ2) is 9.16. The quantitative estimate of drug-likeness (QED) is 0.502. The molecule has 8 nitrogen and oxygen atoms in total. The van der Waals surface area contributed by atoms with Crippen LogP contribution in [-0.2, 0) is 38.1 Å². The first-order valence-electron chi connectivity index (χ1n) is 8.60. The van der Waals surface area contributed by atoms with Crippen molar-refractivity contribution in [3.63, 3.8) is 0 Å². The third-order valence-corrected chi connectivity index (χ3v) is 4.30. The second-order valence-corrected chi connectivity index (χ2v) is 6.20. The Balaban J connectivity index is 2.73. The van der Waals surface area contributed by atoms with E-state index in [4.69, 9.17) is 18.9 Å². The van der Waals surface area contributed by atoms with Gasteiger partial charge in [-0.3, -0.25) is 19.2 Å². The first-order valence-corrected chi connectivity index (χ1v) is 8.60. The van der Waals surface area contributed by atoms with Crippen LogP contribution in [0.5, 0.6) is 0 Å². The van der Waals surface area contributed by atoms with Crippen LogP contribution in [0.25, 0.3) is 0 Å². The van der Waals surface area contributed by atoms with Crippen molar-refractivity contribution >= 4 is 23.9 Å². The molecule has 0 aromatic carbocycles. The molecule has 0 radical (unpaired) electrons. The molecule has 2 rings (SSSR count). The number of hydrogen-bond acceptors (Lipinski definition) is 8. The van der Waals surface area contributed by atoms with Crippen LogP contribution in [0.1, 0.15) is 26.7 Å². The number of carbonyl (C=O) groups is 4. The normalized spacial score (nSPS) is 20.4. The van der Waals surface area contributed by atoms with Gasteiger partial charge in [0.05, 0.1) is 27.1 Å². The van der Waals surface area contributed by atoms with Gasteiger partial charge in [-0.05, 0) is 0 Å². The summed E-state index contributed by atoms with van der Waals surface area (Å²) in [7, 11) is 2.44. The number of hydrogen-bond donors (Lipinski definition) is 0. The van der Waals surface area contributed by atoms with E-state index in [0.717, 1.165) is 0 Å². The fourth-order valence-electron chi connectivity index (χ4n) is 3.20. The highest BCUT2D eigenvalue weighted by molar-refractivity contribution is 5.80. The molecule has 2 aliphatic carbocycles. The number of carbonyl (C=O) groups excluding carboxylic acids is 4. The molecule has 0 heterocycles. The van der Waals surface area contributed by atoms with E-state index >= 15 is 0 Å². The highest BCUT2D eigenvalue weighted by Gasteiger charge is 2.40. The standard InChI is InChI=1S/C20H22O8/c1-11(21)27-19-13-7-5-6-8-14(13)20(28-12(2)22)16(10-18(24)26-4)15(19)9-17(23)25-3/h5-8,13-14H,9-10H2,1-4H3. The van der Waals surface area contributed by atoms with Gasteiger partial charge >= 0.3 is 23.9 Å². The molecule has 28 heavy (non-hydrogen) atoms. The first kappa shape index (κ1) is 21.1. The number of fused-ring (bicyclic) bond motifs is 1. The van der Waals surface area contributed by atoms with Crippen molar-refractivity contribution in [2.75, 3.05) is 14.2 Å². The Morgan fingerprint density at radius 2 is 1.11 bits per heavy atom. The van der Waals surface area contributed by atoms with Crippen molar-refractivity contribution in [3.8, 4) is 0 Å². The van der Waals surface area contributed by atoms with Gasteiger partial charge in [-0.1, -0.05) is 24.3 Å². The van der Waals surface area contributed by atoms with Gasteiger partial charge in [-0.15, -0.1) is 0 Å². The lowest BCUT2D eigenvalue weighted by molar-refractivity contribution is -0.142. The zero-order valence-electron chi connectivity index (χ0n) is 16.1. The van der Waals surface area contributed by atoms with Gasteiger partial charge in [-0.2, -0.15) is 0 Å². The average molecular weight is 390 g/mol. The smallest absolute Gasteiger partial charge is 0.310 e. The molecule has 8 heteroatoms. The summed E-state index contributed by atoms with van der Waals surface area (Å²) >= 11 is 0. The molecule has 0 bridgehead atoms. The topological polar surface area (TPSA) is 105 Å². The highest BCUT2D eigenvalue weighted by atomic mass is 16.5. The maximum Gasteiger partial charge on any atom is 0.310 e. The van der Waals surface area contributed by atoms with Crippen LogP contribution in [0.15, 0.2) is 47.0 Å². The van der Waals surface area contributed by atoms with E-state index in [1.807, 2.05) is 0 Å². The molecular formula is C20H22O8. The lowest BCUT2D eigenvalue weighted by Crippen LogP contribution is -2.30. The molecule has 0 fully saturated rings. The fourth-order valence-corrected chi connectivity index (χ4v) is 3.20. The largest absolute Gasteiger partial charge is 0.469 e. The molecule has 2 atom stereocenters. The van der Waals surface area contributed by atoms with E-state index < -0.39 is 35.7 Å². The molecule has 2 aliphatic rings. The van der Waals surface area contributed by atoms with E-state index in [9.17, 15) is 19.2 Å². The van der Waals surface area contributed by atoms with Gasteiger partial charge in [0.15, 0.2) is 0 Å². The summed E-state index contributed by atoms with van der Waals surface area (Å²) < 4.78 is 20.4. The number of methoxy groups -OCH3 is 2. The molecule has 0 spiro atoms. The predicted molar refractivity (Wildman–Crippen MR) is 96.1 cm³/mol. The van der Waals surface area contributed by atoms with Gasteiger partial charge < -0.3 is 18.9 Å². The van der Waals surface area contributed by atoms with Crippen LogP contribution >= 0.6 is 0 Å². The Kier molecular flexibility index (Phi) is 6.92. The third-order valence-electron chi connectivity index (χ3n) is 4.30. The van der Waals surface area contributed by atoms with Gasteiger partial charge in [0.2, 0.25) is 0 Å². The summed E-state index contributed by atoms with van der Waals surface area (Å²) in [6.45, 7) is 2.48. The molecule has 0 aliphatic heterocycles. The van der Waals surface area contributed by atoms with Gasteiger partial charge in [0.1, 0.15) is 11.5 Å². The summed E-state index contributed by atoms with van der Waals surface area (Å²) in [6.07, 6.45) is 6.54. The maximum absolute atomic E-state index is 12.0. The third kappa shape index (κ3) is 4.76. The first-order chi connectivity index (χ1) is 13.3. The molecule has 0 N–H and O–H groups in total. The average Bonchev–Trinajstić information content (AvgIpc) is 2.65. The Bertz CT molecular complexity index is 744. The van der Waals surface area contributed by atoms with Crippen LogP contribution in [0.3, 0.4) is 0 Å². The van der Waals surface area contributed by atoms with Crippen molar-refractivity contribution in [2.45, 2.75) is 26.7 Å². The molecule has 0 amide bonds. The van der Waals surface area contributed by atoms with E-state index in [0.29, 0.717) is 0 Å². The van der Waals surface area contributed by atoms with E-state index in [2.05, 4.69) is 0 Å². The van der Waals surface area contributed by atoms with Crippen LogP contribution in [0.4, 0.5) is 0 Å². The number of esters is 4. The molecule has 150 valence electrons. The van der Waals surface area contributed by atoms with Crippen LogP contribution in [-0.4, -0.2) is 38.1 Å². The van der Waals surface area contributed by atoms with Crippen molar-refractivity contribution in [3.05, 3.63) is 47.0 Å². The van der Waals surface area contributed by atoms with Gasteiger partial charge in [-0.25, -0.2) is 0 Å². The Labute approximate surface area is 162 Å². The van der Waals surface area contributed by atoms with Gasteiger partial charge in [0, 0.05) is 36.8 Å². The minimum absolute atomic E-state index is 0.221. The van der Waals surface area contributed by atoms with E-state index in [1.165, 1.54) is 28.1 Å².